The van der Waals surface area contributed by atoms with Gasteiger partial charge in [-0.05, 0) is 49.1 Å². The van der Waals surface area contributed by atoms with Crippen LogP contribution in [-0.4, -0.2) is 33.6 Å². The fourth-order valence-electron chi connectivity index (χ4n) is 4.58. The number of nitrogens with zero attached hydrogens (tertiary/aromatic N) is 3. The van der Waals surface area contributed by atoms with Gasteiger partial charge in [0.2, 0.25) is 11.1 Å². The first-order valence-electron chi connectivity index (χ1n) is 13.6. The zero-order chi connectivity index (χ0) is 28.8. The fraction of sp³-hybridized carbons (Fsp3) is 0.281. The molecule has 3 aromatic carbocycles. The van der Waals surface area contributed by atoms with Gasteiger partial charge >= 0.3 is 5.97 Å². The van der Waals surface area contributed by atoms with Crippen LogP contribution in [0.4, 0.5) is 5.95 Å². The van der Waals surface area contributed by atoms with Crippen LogP contribution in [0, 0.1) is 6.92 Å². The second-order valence-electron chi connectivity index (χ2n) is 9.82. The third-order valence-corrected chi connectivity index (χ3v) is 7.76. The van der Waals surface area contributed by atoms with Gasteiger partial charge < -0.3 is 19.5 Å². The summed E-state index contributed by atoms with van der Waals surface area (Å²) in [6, 6.07) is 23.0. The molecule has 0 amide bonds. The van der Waals surface area contributed by atoms with E-state index in [0.717, 1.165) is 28.9 Å². The molecule has 0 saturated carbocycles. The van der Waals surface area contributed by atoms with Crippen LogP contribution in [0.5, 0.6) is 11.5 Å². The zero-order valence-corrected chi connectivity index (χ0v) is 24.5. The lowest BCUT2D eigenvalue weighted by atomic mass is 9.95. The molecule has 41 heavy (non-hydrogen) atoms. The van der Waals surface area contributed by atoms with Gasteiger partial charge in [-0.2, -0.15) is 4.98 Å². The van der Waals surface area contributed by atoms with Crippen LogP contribution in [0.3, 0.4) is 0 Å². The topological polar surface area (TPSA) is 87.5 Å². The molecule has 8 nitrogen and oxygen atoms in total. The second kappa shape index (κ2) is 13.0. The summed E-state index contributed by atoms with van der Waals surface area (Å²) in [7, 11) is 1.61. The van der Waals surface area contributed by atoms with Gasteiger partial charge in [0.15, 0.2) is 11.5 Å². The van der Waals surface area contributed by atoms with E-state index >= 15 is 0 Å². The van der Waals surface area contributed by atoms with E-state index in [2.05, 4.69) is 31.3 Å². The normalized spacial score (nSPS) is 14.3. The number of aromatic nitrogens is 3. The lowest BCUT2D eigenvalue weighted by molar-refractivity contribution is -0.140. The first-order chi connectivity index (χ1) is 20.0. The smallest absolute Gasteiger partial charge is 0.338 e. The van der Waals surface area contributed by atoms with Crippen molar-refractivity contribution in [1.29, 1.82) is 0 Å². The van der Waals surface area contributed by atoms with E-state index in [4.69, 9.17) is 24.3 Å². The van der Waals surface area contributed by atoms with E-state index in [1.165, 1.54) is 5.56 Å². The van der Waals surface area contributed by atoms with Crippen molar-refractivity contribution in [3.8, 4) is 11.5 Å². The number of rotatable bonds is 11. The summed E-state index contributed by atoms with van der Waals surface area (Å²) in [6.45, 7) is 6.61. The number of esters is 1. The Bertz CT molecular complexity index is 1530. The highest BCUT2D eigenvalue weighted by Crippen LogP contribution is 2.40. The standard InChI is InChI=1S/C32H34N4O4S/c1-5-17-41-32-34-31-33-22(3)28(30(37)40-20-23-9-7-6-8-10-23)29(36(31)35-32)25-15-16-26(27(18-25)38-4)39-19-24-13-11-21(2)12-14-24/h6-16,18,29H,5,17,19-20H2,1-4H3,(H,33,34,35). The fourth-order valence-corrected chi connectivity index (χ4v) is 5.26. The van der Waals surface area contributed by atoms with Crippen molar-refractivity contribution in [1.82, 2.24) is 14.8 Å². The van der Waals surface area contributed by atoms with Crippen molar-refractivity contribution >= 4 is 23.7 Å². The van der Waals surface area contributed by atoms with Crippen LogP contribution in [0.25, 0.3) is 0 Å². The van der Waals surface area contributed by atoms with Gasteiger partial charge in [-0.25, -0.2) is 9.48 Å². The van der Waals surface area contributed by atoms with Crippen LogP contribution in [0.2, 0.25) is 0 Å². The summed E-state index contributed by atoms with van der Waals surface area (Å²) in [5, 5.41) is 8.70. The number of nitrogens with one attached hydrogen (secondary N) is 1. The van der Waals surface area contributed by atoms with E-state index in [-0.39, 0.29) is 6.61 Å². The molecule has 212 valence electrons. The van der Waals surface area contributed by atoms with Gasteiger partial charge in [-0.3, -0.25) is 0 Å². The Morgan fingerprint density at radius 2 is 1.73 bits per heavy atom. The predicted molar refractivity (Wildman–Crippen MR) is 160 cm³/mol. The Kier molecular flexibility index (Phi) is 8.94. The van der Waals surface area contributed by atoms with Crippen molar-refractivity contribution in [2.75, 3.05) is 18.2 Å². The number of anilines is 1. The SMILES string of the molecule is CCCSc1nc2n(n1)C(c1ccc(OCc3ccc(C)cc3)c(OC)c1)C(C(=O)OCc1ccccc1)=C(C)N2. The molecule has 1 aliphatic rings. The van der Waals surface area contributed by atoms with E-state index in [9.17, 15) is 4.79 Å². The molecular formula is C32H34N4O4S. The monoisotopic (exact) mass is 570 g/mol. The summed E-state index contributed by atoms with van der Waals surface area (Å²) in [6.07, 6.45) is 1.00. The number of carbonyl (C=O) groups excluding carboxylic acids is 1. The van der Waals surface area contributed by atoms with Crippen molar-refractivity contribution in [2.45, 2.75) is 51.6 Å². The highest BCUT2D eigenvalue weighted by Gasteiger charge is 2.36. The number of methoxy groups -OCH3 is 1. The third kappa shape index (κ3) is 6.57. The van der Waals surface area contributed by atoms with E-state index in [1.807, 2.05) is 67.6 Å². The Hall–Kier alpha value is -4.24. The number of hydrogen-bond acceptors (Lipinski definition) is 8. The summed E-state index contributed by atoms with van der Waals surface area (Å²) >= 11 is 1.58. The molecule has 4 aromatic rings. The van der Waals surface area contributed by atoms with Crippen molar-refractivity contribution in [3.05, 3.63) is 106 Å². The molecule has 1 aromatic heterocycles. The maximum Gasteiger partial charge on any atom is 0.338 e. The molecule has 0 fully saturated rings. The average Bonchev–Trinajstić information content (AvgIpc) is 3.40. The van der Waals surface area contributed by atoms with Gasteiger partial charge in [0, 0.05) is 11.4 Å². The van der Waals surface area contributed by atoms with Gasteiger partial charge in [0.25, 0.3) is 0 Å². The van der Waals surface area contributed by atoms with Crippen LogP contribution in [0.15, 0.2) is 89.2 Å². The lowest BCUT2D eigenvalue weighted by Gasteiger charge is -2.28. The third-order valence-electron chi connectivity index (χ3n) is 6.72. The van der Waals surface area contributed by atoms with Crippen LogP contribution in [0.1, 0.15) is 48.6 Å². The number of ether oxygens (including phenoxy) is 3. The summed E-state index contributed by atoms with van der Waals surface area (Å²) in [4.78, 5) is 18.3. The van der Waals surface area contributed by atoms with Crippen molar-refractivity contribution < 1.29 is 19.0 Å². The highest BCUT2D eigenvalue weighted by atomic mass is 32.2. The van der Waals surface area contributed by atoms with Crippen LogP contribution < -0.4 is 14.8 Å². The molecule has 1 N–H and O–H groups in total. The number of fused-ring (bicyclic) bond motifs is 1. The number of carbonyl (C=O) groups is 1. The molecule has 0 bridgehead atoms. The molecule has 1 unspecified atom stereocenters. The average molecular weight is 571 g/mol. The molecule has 1 aliphatic heterocycles. The number of benzene rings is 3. The van der Waals surface area contributed by atoms with E-state index in [0.29, 0.717) is 40.5 Å². The zero-order valence-electron chi connectivity index (χ0n) is 23.7. The Labute approximate surface area is 244 Å². The molecule has 9 heteroatoms. The molecule has 5 rings (SSSR count). The highest BCUT2D eigenvalue weighted by molar-refractivity contribution is 7.99. The minimum Gasteiger partial charge on any atom is -0.493 e. The first-order valence-corrected chi connectivity index (χ1v) is 14.6. The van der Waals surface area contributed by atoms with Crippen LogP contribution in [-0.2, 0) is 22.7 Å². The summed E-state index contributed by atoms with van der Waals surface area (Å²) in [5.74, 6) is 2.21. The predicted octanol–water partition coefficient (Wildman–Crippen LogP) is 6.71. The van der Waals surface area contributed by atoms with Crippen molar-refractivity contribution in [2.24, 2.45) is 0 Å². The maximum atomic E-state index is 13.6. The van der Waals surface area contributed by atoms with Gasteiger partial charge in [-0.15, -0.1) is 5.10 Å². The molecule has 0 spiro atoms. The lowest BCUT2D eigenvalue weighted by Crippen LogP contribution is -2.29. The Morgan fingerprint density at radius 3 is 2.46 bits per heavy atom. The molecule has 1 atom stereocenters. The summed E-state index contributed by atoms with van der Waals surface area (Å²) < 4.78 is 19.4. The number of aryl methyl sites for hydroxylation is 1. The Morgan fingerprint density at radius 1 is 0.976 bits per heavy atom. The Balaban J connectivity index is 1.47. The molecule has 0 saturated heterocycles. The number of thioether (sulfide) groups is 1. The van der Waals surface area contributed by atoms with Gasteiger partial charge in [0.05, 0.1) is 12.7 Å². The molecule has 0 radical (unpaired) electrons. The second-order valence-corrected chi connectivity index (χ2v) is 10.9. The quantitative estimate of drug-likeness (QED) is 0.157. The maximum absolute atomic E-state index is 13.6. The number of allylic oxidation sites excluding steroid dienone is 1. The van der Waals surface area contributed by atoms with Crippen LogP contribution >= 0.6 is 11.8 Å². The number of hydrogen-bond donors (Lipinski definition) is 1. The molecular weight excluding hydrogens is 536 g/mol. The van der Waals surface area contributed by atoms with E-state index in [1.54, 1.807) is 23.6 Å². The summed E-state index contributed by atoms with van der Waals surface area (Å²) in [5.41, 5.74) is 5.10. The minimum atomic E-state index is -0.571. The largest absolute Gasteiger partial charge is 0.493 e. The minimum absolute atomic E-state index is 0.167. The molecule has 2 heterocycles. The molecule has 0 aliphatic carbocycles. The van der Waals surface area contributed by atoms with E-state index < -0.39 is 12.0 Å². The van der Waals surface area contributed by atoms with Gasteiger partial charge in [0.1, 0.15) is 19.3 Å². The van der Waals surface area contributed by atoms with Gasteiger partial charge in [-0.1, -0.05) is 84.9 Å². The van der Waals surface area contributed by atoms with Crippen molar-refractivity contribution in [3.63, 3.8) is 0 Å². The first kappa shape index (κ1) is 28.3.